The van der Waals surface area contributed by atoms with Gasteiger partial charge in [-0.05, 0) is 38.3 Å². The normalized spacial score (nSPS) is 26.2. The van der Waals surface area contributed by atoms with E-state index >= 15 is 0 Å². The molecular weight excluding hydrogens is 200 g/mol. The van der Waals surface area contributed by atoms with Crippen LogP contribution in [0.25, 0.3) is 0 Å². The maximum atomic E-state index is 9.54. The van der Waals surface area contributed by atoms with Crippen LogP contribution in [0.4, 0.5) is 0 Å². The lowest BCUT2D eigenvalue weighted by atomic mass is 10.0. The first-order valence-corrected chi connectivity index (χ1v) is 6.62. The van der Waals surface area contributed by atoms with E-state index in [2.05, 4.69) is 31.0 Å². The Morgan fingerprint density at radius 2 is 2.00 bits per heavy atom. The number of rotatable bonds is 6. The molecule has 1 aliphatic heterocycles. The third-order valence-electron chi connectivity index (χ3n) is 3.44. The first-order chi connectivity index (χ1) is 7.49. The van der Waals surface area contributed by atoms with E-state index in [9.17, 15) is 5.11 Å². The fourth-order valence-corrected chi connectivity index (χ4v) is 2.36. The highest BCUT2D eigenvalue weighted by atomic mass is 16.3. The zero-order chi connectivity index (χ0) is 12.1. The topological polar surface area (TPSA) is 35.5 Å². The zero-order valence-corrected chi connectivity index (χ0v) is 11.2. The largest absolute Gasteiger partial charge is 0.393 e. The molecule has 0 amide bonds. The third kappa shape index (κ3) is 4.81. The lowest BCUT2D eigenvalue weighted by Gasteiger charge is -2.22. The molecule has 3 nitrogen and oxygen atoms in total. The minimum atomic E-state index is -0.144. The van der Waals surface area contributed by atoms with Crippen molar-refractivity contribution in [3.05, 3.63) is 0 Å². The second-order valence-electron chi connectivity index (χ2n) is 5.72. The van der Waals surface area contributed by atoms with Gasteiger partial charge in [0.25, 0.3) is 0 Å². The lowest BCUT2D eigenvalue weighted by molar-refractivity contribution is 0.126. The molecule has 16 heavy (non-hydrogen) atoms. The van der Waals surface area contributed by atoms with Crippen molar-refractivity contribution in [2.75, 3.05) is 26.2 Å². The van der Waals surface area contributed by atoms with Crippen LogP contribution < -0.4 is 5.32 Å². The SMILES string of the molecule is CC(CNC(C)C)CN1CCC(C(C)O)C1. The first-order valence-electron chi connectivity index (χ1n) is 6.62. The van der Waals surface area contributed by atoms with Crippen LogP contribution in [0, 0.1) is 11.8 Å². The Labute approximate surface area is 100 Å². The molecule has 1 heterocycles. The maximum Gasteiger partial charge on any atom is 0.0552 e. The maximum absolute atomic E-state index is 9.54. The molecule has 0 spiro atoms. The van der Waals surface area contributed by atoms with E-state index in [0.717, 1.165) is 32.6 Å². The molecule has 0 bridgehead atoms. The molecule has 3 unspecified atom stereocenters. The van der Waals surface area contributed by atoms with E-state index in [0.29, 0.717) is 17.9 Å². The van der Waals surface area contributed by atoms with Crippen LogP contribution >= 0.6 is 0 Å². The highest BCUT2D eigenvalue weighted by molar-refractivity contribution is 4.80. The second-order valence-corrected chi connectivity index (χ2v) is 5.72. The Bertz CT molecular complexity index is 194. The molecule has 96 valence electrons. The molecule has 1 aliphatic rings. The quantitative estimate of drug-likeness (QED) is 0.720. The van der Waals surface area contributed by atoms with Gasteiger partial charge in [0.2, 0.25) is 0 Å². The van der Waals surface area contributed by atoms with E-state index < -0.39 is 0 Å². The van der Waals surface area contributed by atoms with Crippen molar-refractivity contribution in [2.24, 2.45) is 11.8 Å². The van der Waals surface area contributed by atoms with Crippen LogP contribution in [-0.4, -0.2) is 48.3 Å². The fourth-order valence-electron chi connectivity index (χ4n) is 2.36. The zero-order valence-electron chi connectivity index (χ0n) is 11.2. The smallest absolute Gasteiger partial charge is 0.0552 e. The van der Waals surface area contributed by atoms with Gasteiger partial charge < -0.3 is 15.3 Å². The molecule has 2 N–H and O–H groups in total. The van der Waals surface area contributed by atoms with Crippen molar-refractivity contribution in [3.63, 3.8) is 0 Å². The summed E-state index contributed by atoms with van der Waals surface area (Å²) in [6, 6.07) is 0.575. The van der Waals surface area contributed by atoms with Gasteiger partial charge in [-0.1, -0.05) is 20.8 Å². The van der Waals surface area contributed by atoms with Gasteiger partial charge in [-0.3, -0.25) is 0 Å². The average Bonchev–Trinajstić information content (AvgIpc) is 2.63. The molecule has 0 aromatic rings. The Hall–Kier alpha value is -0.120. The van der Waals surface area contributed by atoms with Crippen molar-refractivity contribution in [3.8, 4) is 0 Å². The molecular formula is C13H28N2O. The molecule has 1 fully saturated rings. The summed E-state index contributed by atoms with van der Waals surface area (Å²) < 4.78 is 0. The van der Waals surface area contributed by atoms with Gasteiger partial charge in [-0.2, -0.15) is 0 Å². The third-order valence-corrected chi connectivity index (χ3v) is 3.44. The molecule has 3 atom stereocenters. The van der Waals surface area contributed by atoms with E-state index in [4.69, 9.17) is 0 Å². The summed E-state index contributed by atoms with van der Waals surface area (Å²) in [5, 5.41) is 13.0. The van der Waals surface area contributed by atoms with Gasteiger partial charge in [-0.15, -0.1) is 0 Å². The predicted molar refractivity (Wildman–Crippen MR) is 68.5 cm³/mol. The molecule has 0 radical (unpaired) electrons. The average molecular weight is 228 g/mol. The number of aliphatic hydroxyl groups is 1. The molecule has 1 saturated heterocycles. The predicted octanol–water partition coefficient (Wildman–Crippen LogP) is 1.32. The highest BCUT2D eigenvalue weighted by Gasteiger charge is 2.26. The van der Waals surface area contributed by atoms with Crippen molar-refractivity contribution in [2.45, 2.75) is 46.3 Å². The fraction of sp³-hybridized carbons (Fsp3) is 1.00. The molecule has 3 heteroatoms. The standard InChI is InChI=1S/C13H28N2O/c1-10(2)14-7-11(3)8-15-6-5-13(9-15)12(4)16/h10-14,16H,5-9H2,1-4H3. The van der Waals surface area contributed by atoms with Gasteiger partial charge in [0.15, 0.2) is 0 Å². The minimum absolute atomic E-state index is 0.144. The summed E-state index contributed by atoms with van der Waals surface area (Å²) in [7, 11) is 0. The van der Waals surface area contributed by atoms with E-state index in [-0.39, 0.29) is 6.10 Å². The summed E-state index contributed by atoms with van der Waals surface area (Å²) in [4.78, 5) is 2.49. The monoisotopic (exact) mass is 228 g/mol. The lowest BCUT2D eigenvalue weighted by Crippen LogP contribution is -2.35. The molecule has 0 aromatic carbocycles. The van der Waals surface area contributed by atoms with Gasteiger partial charge in [0.1, 0.15) is 0 Å². The summed E-state index contributed by atoms with van der Waals surface area (Å²) in [6.45, 7) is 13.1. The number of likely N-dealkylation sites (tertiary alicyclic amines) is 1. The van der Waals surface area contributed by atoms with Gasteiger partial charge in [-0.25, -0.2) is 0 Å². The number of aliphatic hydroxyl groups excluding tert-OH is 1. The molecule has 1 rings (SSSR count). The minimum Gasteiger partial charge on any atom is -0.393 e. The van der Waals surface area contributed by atoms with Crippen LogP contribution in [0.1, 0.15) is 34.1 Å². The van der Waals surface area contributed by atoms with E-state index in [1.165, 1.54) is 0 Å². The number of nitrogens with zero attached hydrogens (tertiary/aromatic N) is 1. The van der Waals surface area contributed by atoms with Crippen LogP contribution in [-0.2, 0) is 0 Å². The molecule has 0 saturated carbocycles. The Morgan fingerprint density at radius 3 is 2.50 bits per heavy atom. The van der Waals surface area contributed by atoms with Crippen molar-refractivity contribution < 1.29 is 5.11 Å². The van der Waals surface area contributed by atoms with Gasteiger partial charge in [0.05, 0.1) is 6.10 Å². The highest BCUT2D eigenvalue weighted by Crippen LogP contribution is 2.20. The Balaban J connectivity index is 2.18. The van der Waals surface area contributed by atoms with Crippen LogP contribution in [0.5, 0.6) is 0 Å². The second kappa shape index (κ2) is 6.58. The molecule has 0 aromatic heterocycles. The van der Waals surface area contributed by atoms with Crippen LogP contribution in [0.15, 0.2) is 0 Å². The number of hydrogen-bond acceptors (Lipinski definition) is 3. The number of hydrogen-bond donors (Lipinski definition) is 2. The molecule has 0 aliphatic carbocycles. The van der Waals surface area contributed by atoms with Crippen molar-refractivity contribution >= 4 is 0 Å². The summed E-state index contributed by atoms with van der Waals surface area (Å²) in [5.41, 5.74) is 0. The first kappa shape index (κ1) is 13.9. The van der Waals surface area contributed by atoms with Gasteiger partial charge >= 0.3 is 0 Å². The summed E-state index contributed by atoms with van der Waals surface area (Å²) in [6.07, 6.45) is 1.01. The van der Waals surface area contributed by atoms with Crippen molar-refractivity contribution in [1.29, 1.82) is 0 Å². The summed E-state index contributed by atoms with van der Waals surface area (Å²) in [5.74, 6) is 1.18. The Kier molecular flexibility index (Phi) is 5.73. The number of nitrogens with one attached hydrogen (secondary N) is 1. The Morgan fingerprint density at radius 1 is 1.31 bits per heavy atom. The van der Waals surface area contributed by atoms with Crippen molar-refractivity contribution in [1.82, 2.24) is 10.2 Å². The summed E-state index contributed by atoms with van der Waals surface area (Å²) >= 11 is 0. The van der Waals surface area contributed by atoms with Gasteiger partial charge in [0, 0.05) is 19.1 Å². The van der Waals surface area contributed by atoms with E-state index in [1.54, 1.807) is 0 Å². The van der Waals surface area contributed by atoms with E-state index in [1.807, 2.05) is 6.92 Å². The van der Waals surface area contributed by atoms with Crippen LogP contribution in [0.2, 0.25) is 0 Å². The van der Waals surface area contributed by atoms with Crippen LogP contribution in [0.3, 0.4) is 0 Å².